The van der Waals surface area contributed by atoms with Crippen LogP contribution in [-0.4, -0.2) is 17.8 Å². The number of nitriles is 1. The number of alkyl halides is 1. The summed E-state index contributed by atoms with van der Waals surface area (Å²) < 4.78 is 27.0. The molecule has 1 aromatic rings. The Morgan fingerprint density at radius 3 is 2.65 bits per heavy atom. The van der Waals surface area contributed by atoms with E-state index in [1.165, 1.54) is 6.07 Å². The van der Waals surface area contributed by atoms with E-state index in [9.17, 15) is 13.6 Å². The second-order valence-corrected chi connectivity index (χ2v) is 4.32. The van der Waals surface area contributed by atoms with E-state index in [2.05, 4.69) is 0 Å². The zero-order valence-electron chi connectivity index (χ0n) is 8.58. The fourth-order valence-electron chi connectivity index (χ4n) is 1.73. The Hall–Kier alpha value is -1.67. The van der Waals surface area contributed by atoms with E-state index in [0.717, 1.165) is 17.0 Å². The van der Waals surface area contributed by atoms with E-state index in [-0.39, 0.29) is 30.1 Å². The molecule has 0 N–H and O–H groups in total. The third-order valence-electron chi connectivity index (χ3n) is 2.53. The van der Waals surface area contributed by atoms with Gasteiger partial charge in [-0.2, -0.15) is 5.26 Å². The summed E-state index contributed by atoms with van der Waals surface area (Å²) in [6.07, 6.45) is 0.0998. The van der Waals surface area contributed by atoms with Gasteiger partial charge in [0.2, 0.25) is 5.91 Å². The van der Waals surface area contributed by atoms with Gasteiger partial charge in [-0.3, -0.25) is 4.79 Å². The molecule has 0 bridgehead atoms. The largest absolute Gasteiger partial charge is 0.308 e. The van der Waals surface area contributed by atoms with Crippen LogP contribution in [0, 0.1) is 23.0 Å². The zero-order valence-corrected chi connectivity index (χ0v) is 9.34. The van der Waals surface area contributed by atoms with Crippen molar-refractivity contribution in [3.05, 3.63) is 29.3 Å². The summed E-state index contributed by atoms with van der Waals surface area (Å²) in [5.74, 6) is -2.01. The molecule has 0 spiro atoms. The van der Waals surface area contributed by atoms with Gasteiger partial charge in [0.1, 0.15) is 17.7 Å². The average molecular weight is 257 g/mol. The summed E-state index contributed by atoms with van der Waals surface area (Å²) >= 11 is 5.77. The number of rotatable bonds is 1. The highest BCUT2D eigenvalue weighted by atomic mass is 35.5. The number of carbonyl (C=O) groups excluding carboxylic acids is 1. The Morgan fingerprint density at radius 2 is 2.12 bits per heavy atom. The molecular weight excluding hydrogens is 250 g/mol. The number of amides is 1. The third kappa shape index (κ3) is 2.08. The van der Waals surface area contributed by atoms with Crippen LogP contribution in [0.25, 0.3) is 0 Å². The van der Waals surface area contributed by atoms with Crippen molar-refractivity contribution in [2.45, 2.75) is 11.8 Å². The summed E-state index contributed by atoms with van der Waals surface area (Å²) in [6, 6.07) is 3.15. The maximum absolute atomic E-state index is 13.6. The molecule has 1 atom stereocenters. The molecule has 0 aliphatic carbocycles. The van der Waals surface area contributed by atoms with Gasteiger partial charge >= 0.3 is 0 Å². The summed E-state index contributed by atoms with van der Waals surface area (Å²) in [5, 5.41) is 8.13. The maximum atomic E-state index is 13.6. The fourth-order valence-corrected chi connectivity index (χ4v) is 2.00. The fraction of sp³-hybridized carbons (Fsp3) is 0.273. The van der Waals surface area contributed by atoms with Crippen molar-refractivity contribution in [2.24, 2.45) is 0 Å². The lowest BCUT2D eigenvalue weighted by atomic mass is 10.2. The first kappa shape index (κ1) is 11.8. The molecule has 6 heteroatoms. The van der Waals surface area contributed by atoms with Gasteiger partial charge in [0.05, 0.1) is 16.6 Å². The molecule has 17 heavy (non-hydrogen) atoms. The summed E-state index contributed by atoms with van der Waals surface area (Å²) in [5.41, 5.74) is -0.560. The maximum Gasteiger partial charge on any atom is 0.228 e. The summed E-state index contributed by atoms with van der Waals surface area (Å²) in [6.45, 7) is 0.142. The van der Waals surface area contributed by atoms with Crippen molar-refractivity contribution < 1.29 is 13.6 Å². The van der Waals surface area contributed by atoms with Crippen LogP contribution in [0.5, 0.6) is 0 Å². The van der Waals surface area contributed by atoms with Crippen molar-refractivity contribution in [1.29, 1.82) is 5.26 Å². The Morgan fingerprint density at radius 1 is 1.41 bits per heavy atom. The lowest BCUT2D eigenvalue weighted by molar-refractivity contribution is -0.117. The molecule has 0 aromatic heterocycles. The van der Waals surface area contributed by atoms with Crippen LogP contribution < -0.4 is 4.90 Å². The highest BCUT2D eigenvalue weighted by Crippen LogP contribution is 2.28. The van der Waals surface area contributed by atoms with Crippen molar-refractivity contribution in [3.63, 3.8) is 0 Å². The first-order valence-corrected chi connectivity index (χ1v) is 5.30. The smallest absolute Gasteiger partial charge is 0.228 e. The minimum absolute atomic E-state index is 0.0998. The van der Waals surface area contributed by atoms with Gasteiger partial charge in [0.25, 0.3) is 0 Å². The van der Waals surface area contributed by atoms with E-state index in [4.69, 9.17) is 16.9 Å². The van der Waals surface area contributed by atoms with Gasteiger partial charge in [-0.1, -0.05) is 0 Å². The normalized spacial score (nSPS) is 19.5. The van der Waals surface area contributed by atoms with E-state index in [0.29, 0.717) is 0 Å². The van der Waals surface area contributed by atoms with Gasteiger partial charge in [-0.15, -0.1) is 11.6 Å². The van der Waals surface area contributed by atoms with E-state index in [1.807, 2.05) is 0 Å². The monoisotopic (exact) mass is 256 g/mol. The Kier molecular flexibility index (Phi) is 2.99. The van der Waals surface area contributed by atoms with E-state index >= 15 is 0 Å². The van der Waals surface area contributed by atoms with Crippen molar-refractivity contribution in [1.82, 2.24) is 0 Å². The third-order valence-corrected chi connectivity index (χ3v) is 2.82. The molecule has 1 aromatic carbocycles. The van der Waals surface area contributed by atoms with Crippen LogP contribution in [0.2, 0.25) is 0 Å². The van der Waals surface area contributed by atoms with Gasteiger partial charge < -0.3 is 4.90 Å². The topological polar surface area (TPSA) is 44.1 Å². The lowest BCUT2D eigenvalue weighted by Gasteiger charge is -2.16. The predicted molar refractivity (Wildman–Crippen MR) is 57.7 cm³/mol. The molecule has 2 rings (SSSR count). The van der Waals surface area contributed by atoms with Gasteiger partial charge in [-0.25, -0.2) is 8.78 Å². The molecular formula is C11H7ClF2N2O. The highest BCUT2D eigenvalue weighted by Gasteiger charge is 2.31. The quantitative estimate of drug-likeness (QED) is 0.723. The Balaban J connectivity index is 2.44. The summed E-state index contributed by atoms with van der Waals surface area (Å²) in [7, 11) is 0. The van der Waals surface area contributed by atoms with E-state index in [1.54, 1.807) is 0 Å². The minimum atomic E-state index is -0.852. The van der Waals surface area contributed by atoms with Gasteiger partial charge in [0, 0.05) is 19.0 Å². The number of hydrogen-bond donors (Lipinski definition) is 0. The molecule has 3 nitrogen and oxygen atoms in total. The van der Waals surface area contributed by atoms with Crippen LogP contribution in [0.3, 0.4) is 0 Å². The lowest BCUT2D eigenvalue weighted by Crippen LogP contribution is -2.25. The Labute approximate surface area is 101 Å². The first-order chi connectivity index (χ1) is 8.02. The molecule has 1 amide bonds. The second kappa shape index (κ2) is 4.30. The molecule has 1 unspecified atom stereocenters. The van der Waals surface area contributed by atoms with Crippen LogP contribution in [-0.2, 0) is 4.79 Å². The van der Waals surface area contributed by atoms with Crippen LogP contribution in [0.4, 0.5) is 14.5 Å². The first-order valence-electron chi connectivity index (χ1n) is 4.86. The molecule has 1 saturated heterocycles. The molecule has 1 heterocycles. The standard InChI is InChI=1S/C11H7ClF2N2O/c12-7-2-11(17)16(5-7)10-3-8(13)6(4-15)1-9(10)14/h1,3,7H,2,5H2. The van der Waals surface area contributed by atoms with Crippen LogP contribution >= 0.6 is 11.6 Å². The van der Waals surface area contributed by atoms with Crippen LogP contribution in [0.1, 0.15) is 12.0 Å². The number of anilines is 1. The van der Waals surface area contributed by atoms with Gasteiger partial charge in [-0.05, 0) is 6.07 Å². The second-order valence-electron chi connectivity index (χ2n) is 3.70. The molecule has 1 aliphatic heterocycles. The Bertz CT molecular complexity index is 527. The van der Waals surface area contributed by atoms with Crippen molar-refractivity contribution in [3.8, 4) is 6.07 Å². The number of halogens is 3. The molecule has 1 fully saturated rings. The highest BCUT2D eigenvalue weighted by molar-refractivity contribution is 6.24. The molecule has 1 aliphatic rings. The van der Waals surface area contributed by atoms with Crippen molar-refractivity contribution >= 4 is 23.2 Å². The molecule has 0 saturated carbocycles. The minimum Gasteiger partial charge on any atom is -0.308 e. The molecule has 0 radical (unpaired) electrons. The predicted octanol–water partition coefficient (Wildman–Crippen LogP) is 2.18. The average Bonchev–Trinajstić information content (AvgIpc) is 2.60. The summed E-state index contributed by atoms with van der Waals surface area (Å²) in [4.78, 5) is 12.6. The van der Waals surface area contributed by atoms with Crippen LogP contribution in [0.15, 0.2) is 12.1 Å². The number of benzene rings is 1. The molecule has 88 valence electrons. The number of hydrogen-bond acceptors (Lipinski definition) is 2. The van der Waals surface area contributed by atoms with Crippen molar-refractivity contribution in [2.75, 3.05) is 11.4 Å². The number of nitrogens with zero attached hydrogens (tertiary/aromatic N) is 2. The number of carbonyl (C=O) groups is 1. The van der Waals surface area contributed by atoms with E-state index < -0.39 is 17.0 Å². The zero-order chi connectivity index (χ0) is 12.6. The SMILES string of the molecule is N#Cc1cc(F)c(N2CC(Cl)CC2=O)cc1F. The van der Waals surface area contributed by atoms with Gasteiger partial charge in [0.15, 0.2) is 0 Å².